The van der Waals surface area contributed by atoms with Crippen molar-refractivity contribution in [1.29, 1.82) is 0 Å². The van der Waals surface area contributed by atoms with Crippen LogP contribution >= 0.6 is 0 Å². The lowest BCUT2D eigenvalue weighted by Crippen LogP contribution is -2.13. The maximum atomic E-state index is 5.68. The number of nitrogens with two attached hydrogens (primary N) is 1. The van der Waals surface area contributed by atoms with E-state index in [1.165, 1.54) is 0 Å². The molecule has 0 atom stereocenters. The summed E-state index contributed by atoms with van der Waals surface area (Å²) in [6, 6.07) is 3.95. The largest absolute Gasteiger partial charge is 0.384 e. The monoisotopic (exact) mass is 190 g/mol. The SMILES string of the molecule is CC(C)(C)c1ccc2c(N)[nH]nc2n1. The number of nitrogens with zero attached hydrogens (tertiary/aromatic N) is 2. The molecular weight excluding hydrogens is 176 g/mol. The van der Waals surface area contributed by atoms with Crippen LogP contribution in [0.25, 0.3) is 11.0 Å². The summed E-state index contributed by atoms with van der Waals surface area (Å²) in [5, 5.41) is 7.64. The number of H-pyrrole nitrogens is 1. The number of nitrogen functional groups attached to an aromatic ring is 1. The molecule has 0 saturated heterocycles. The van der Waals surface area contributed by atoms with Gasteiger partial charge in [-0.1, -0.05) is 20.8 Å². The number of fused-ring (bicyclic) bond motifs is 1. The molecule has 0 unspecified atom stereocenters. The molecule has 0 bridgehead atoms. The van der Waals surface area contributed by atoms with Crippen molar-refractivity contribution in [2.75, 3.05) is 5.73 Å². The maximum Gasteiger partial charge on any atom is 0.183 e. The molecule has 14 heavy (non-hydrogen) atoms. The Morgan fingerprint density at radius 1 is 1.29 bits per heavy atom. The van der Waals surface area contributed by atoms with E-state index in [0.29, 0.717) is 11.5 Å². The van der Waals surface area contributed by atoms with Gasteiger partial charge in [0.2, 0.25) is 0 Å². The van der Waals surface area contributed by atoms with Crippen molar-refractivity contribution in [2.24, 2.45) is 0 Å². The average Bonchev–Trinajstić information content (AvgIpc) is 2.46. The Balaban J connectivity index is 2.63. The van der Waals surface area contributed by atoms with Crippen molar-refractivity contribution in [3.8, 4) is 0 Å². The number of pyridine rings is 1. The fraction of sp³-hybridized carbons (Fsp3) is 0.400. The summed E-state index contributed by atoms with van der Waals surface area (Å²) >= 11 is 0. The molecule has 0 aliphatic carbocycles. The molecule has 0 spiro atoms. The van der Waals surface area contributed by atoms with E-state index in [2.05, 4.69) is 36.0 Å². The second-order valence-corrected chi connectivity index (χ2v) is 4.45. The van der Waals surface area contributed by atoms with Crippen LogP contribution in [-0.2, 0) is 5.41 Å². The average molecular weight is 190 g/mol. The molecule has 0 aromatic carbocycles. The van der Waals surface area contributed by atoms with Gasteiger partial charge in [-0.3, -0.25) is 5.10 Å². The Hall–Kier alpha value is -1.58. The second kappa shape index (κ2) is 2.70. The third kappa shape index (κ3) is 1.32. The Morgan fingerprint density at radius 2 is 2.00 bits per heavy atom. The Kier molecular flexibility index (Phi) is 1.74. The van der Waals surface area contributed by atoms with E-state index in [0.717, 1.165) is 11.1 Å². The summed E-state index contributed by atoms with van der Waals surface area (Å²) in [7, 11) is 0. The molecule has 0 fully saturated rings. The number of anilines is 1. The standard InChI is InChI=1S/C10H14N4/c1-10(2,3)7-5-4-6-8(11)13-14-9(6)12-7/h4-5H,1-3H3,(H3,11,12,13,14). The van der Waals surface area contributed by atoms with Gasteiger partial charge in [-0.25, -0.2) is 4.98 Å². The number of hydrogen-bond donors (Lipinski definition) is 2. The van der Waals surface area contributed by atoms with E-state index in [-0.39, 0.29) is 5.41 Å². The van der Waals surface area contributed by atoms with Gasteiger partial charge in [-0.2, -0.15) is 5.10 Å². The van der Waals surface area contributed by atoms with Gasteiger partial charge in [0, 0.05) is 11.1 Å². The molecule has 74 valence electrons. The molecule has 3 N–H and O–H groups in total. The molecule has 2 rings (SSSR count). The normalized spacial score (nSPS) is 12.2. The van der Waals surface area contributed by atoms with Crippen molar-refractivity contribution >= 4 is 16.9 Å². The van der Waals surface area contributed by atoms with Crippen LogP contribution in [0.3, 0.4) is 0 Å². The van der Waals surface area contributed by atoms with Crippen LogP contribution in [0.5, 0.6) is 0 Å². The van der Waals surface area contributed by atoms with E-state index in [1.54, 1.807) is 0 Å². The van der Waals surface area contributed by atoms with E-state index >= 15 is 0 Å². The van der Waals surface area contributed by atoms with Crippen LogP contribution in [-0.4, -0.2) is 15.2 Å². The van der Waals surface area contributed by atoms with Gasteiger partial charge in [0.05, 0.1) is 5.39 Å². The van der Waals surface area contributed by atoms with Crippen molar-refractivity contribution in [3.05, 3.63) is 17.8 Å². The molecular formula is C10H14N4. The molecule has 4 nitrogen and oxygen atoms in total. The predicted molar refractivity (Wildman–Crippen MR) is 57.0 cm³/mol. The molecule has 0 saturated carbocycles. The molecule has 0 aliphatic heterocycles. The topological polar surface area (TPSA) is 67.6 Å². The van der Waals surface area contributed by atoms with Crippen molar-refractivity contribution < 1.29 is 0 Å². The van der Waals surface area contributed by atoms with Crippen LogP contribution in [0.4, 0.5) is 5.82 Å². The molecule has 2 heterocycles. The van der Waals surface area contributed by atoms with E-state index in [4.69, 9.17) is 5.73 Å². The highest BCUT2D eigenvalue weighted by molar-refractivity contribution is 5.85. The highest BCUT2D eigenvalue weighted by atomic mass is 15.2. The zero-order chi connectivity index (χ0) is 10.3. The second-order valence-electron chi connectivity index (χ2n) is 4.45. The lowest BCUT2D eigenvalue weighted by Gasteiger charge is -2.16. The highest BCUT2D eigenvalue weighted by Crippen LogP contribution is 2.23. The van der Waals surface area contributed by atoms with Crippen LogP contribution in [0.1, 0.15) is 26.5 Å². The summed E-state index contributed by atoms with van der Waals surface area (Å²) in [4.78, 5) is 4.44. The number of aromatic amines is 1. The minimum atomic E-state index is 0.0436. The summed E-state index contributed by atoms with van der Waals surface area (Å²) in [5.41, 5.74) is 7.44. The third-order valence-electron chi connectivity index (χ3n) is 2.22. The number of nitrogens with one attached hydrogen (secondary N) is 1. The quantitative estimate of drug-likeness (QED) is 0.666. The van der Waals surface area contributed by atoms with Gasteiger partial charge in [-0.15, -0.1) is 0 Å². The van der Waals surface area contributed by atoms with Crippen LogP contribution in [0.15, 0.2) is 12.1 Å². The minimum Gasteiger partial charge on any atom is -0.384 e. The third-order valence-corrected chi connectivity index (χ3v) is 2.22. The van der Waals surface area contributed by atoms with Crippen LogP contribution in [0, 0.1) is 0 Å². The van der Waals surface area contributed by atoms with Gasteiger partial charge < -0.3 is 5.73 Å². The van der Waals surface area contributed by atoms with Crippen molar-refractivity contribution in [2.45, 2.75) is 26.2 Å². The lowest BCUT2D eigenvalue weighted by molar-refractivity contribution is 0.571. The first-order valence-corrected chi connectivity index (χ1v) is 4.59. The molecule has 0 amide bonds. The van der Waals surface area contributed by atoms with Gasteiger partial charge in [0.1, 0.15) is 5.82 Å². The fourth-order valence-corrected chi connectivity index (χ4v) is 1.33. The Labute approximate surface area is 82.5 Å². The van der Waals surface area contributed by atoms with Gasteiger partial charge in [-0.05, 0) is 12.1 Å². The minimum absolute atomic E-state index is 0.0436. The van der Waals surface area contributed by atoms with E-state index in [1.807, 2.05) is 12.1 Å². The smallest absolute Gasteiger partial charge is 0.183 e. The van der Waals surface area contributed by atoms with Crippen molar-refractivity contribution in [1.82, 2.24) is 15.2 Å². The lowest BCUT2D eigenvalue weighted by atomic mass is 9.91. The first-order chi connectivity index (χ1) is 6.48. The molecule has 4 heteroatoms. The Bertz CT molecular complexity index is 464. The van der Waals surface area contributed by atoms with Crippen LogP contribution < -0.4 is 5.73 Å². The summed E-state index contributed by atoms with van der Waals surface area (Å²) < 4.78 is 0. The maximum absolute atomic E-state index is 5.68. The van der Waals surface area contributed by atoms with Crippen molar-refractivity contribution in [3.63, 3.8) is 0 Å². The number of rotatable bonds is 0. The van der Waals surface area contributed by atoms with Gasteiger partial charge in [0.15, 0.2) is 5.65 Å². The molecule has 0 aliphatic rings. The van der Waals surface area contributed by atoms with Gasteiger partial charge >= 0.3 is 0 Å². The summed E-state index contributed by atoms with van der Waals surface area (Å²) in [6.07, 6.45) is 0. The summed E-state index contributed by atoms with van der Waals surface area (Å²) in [6.45, 7) is 6.37. The number of aromatic nitrogens is 3. The van der Waals surface area contributed by atoms with E-state index < -0.39 is 0 Å². The van der Waals surface area contributed by atoms with E-state index in [9.17, 15) is 0 Å². The first kappa shape index (κ1) is 8.99. The molecule has 0 radical (unpaired) electrons. The molecule has 2 aromatic heterocycles. The van der Waals surface area contributed by atoms with Gasteiger partial charge in [0.25, 0.3) is 0 Å². The zero-order valence-electron chi connectivity index (χ0n) is 8.63. The predicted octanol–water partition coefficient (Wildman–Crippen LogP) is 1.84. The summed E-state index contributed by atoms with van der Waals surface area (Å²) in [5.74, 6) is 0.577. The fourth-order valence-electron chi connectivity index (χ4n) is 1.33. The Morgan fingerprint density at radius 3 is 2.64 bits per heavy atom. The number of hydrogen-bond acceptors (Lipinski definition) is 3. The zero-order valence-corrected chi connectivity index (χ0v) is 8.63. The van der Waals surface area contributed by atoms with Crippen LogP contribution in [0.2, 0.25) is 0 Å². The first-order valence-electron chi connectivity index (χ1n) is 4.59. The highest BCUT2D eigenvalue weighted by Gasteiger charge is 2.16. The molecule has 2 aromatic rings.